The van der Waals surface area contributed by atoms with Crippen LogP contribution >= 0.6 is 24.0 Å². The van der Waals surface area contributed by atoms with Gasteiger partial charge in [0.1, 0.15) is 6.04 Å². The van der Waals surface area contributed by atoms with Crippen LogP contribution < -0.4 is 5.32 Å². The van der Waals surface area contributed by atoms with Crippen LogP contribution in [-0.4, -0.2) is 77.5 Å². The highest BCUT2D eigenvalue weighted by molar-refractivity contribution is 14.0. The lowest BCUT2D eigenvalue weighted by Gasteiger charge is -2.39. The van der Waals surface area contributed by atoms with Gasteiger partial charge in [0.05, 0.1) is 11.4 Å². The summed E-state index contributed by atoms with van der Waals surface area (Å²) >= 11 is 0. The molecule has 1 saturated heterocycles. The van der Waals surface area contributed by atoms with E-state index in [1.165, 1.54) is 17.4 Å². The van der Waals surface area contributed by atoms with Gasteiger partial charge in [0, 0.05) is 46.0 Å². The minimum Gasteiger partial charge on any atom is -0.356 e. The Morgan fingerprint density at radius 2 is 1.81 bits per heavy atom. The normalized spacial score (nSPS) is 16.6. The van der Waals surface area contributed by atoms with Gasteiger partial charge in [-0.15, -0.1) is 24.0 Å². The van der Waals surface area contributed by atoms with E-state index < -0.39 is 12.2 Å². The van der Waals surface area contributed by atoms with Gasteiger partial charge in [0.2, 0.25) is 0 Å². The molecule has 1 aliphatic heterocycles. The molecule has 1 aliphatic rings. The predicted molar refractivity (Wildman–Crippen MR) is 132 cm³/mol. The van der Waals surface area contributed by atoms with E-state index in [0.717, 1.165) is 36.7 Å². The largest absolute Gasteiger partial charge is 0.403 e. The van der Waals surface area contributed by atoms with Gasteiger partial charge < -0.3 is 10.2 Å². The number of guanidine groups is 1. The molecule has 178 valence electrons. The Kier molecular flexibility index (Phi) is 9.81. The number of nitrogens with zero attached hydrogens (tertiary/aromatic N) is 5. The molecule has 3 rings (SSSR count). The van der Waals surface area contributed by atoms with Crippen molar-refractivity contribution < 1.29 is 13.2 Å². The number of benzene rings is 1. The second-order valence-corrected chi connectivity index (χ2v) is 7.84. The average molecular weight is 564 g/mol. The van der Waals surface area contributed by atoms with Crippen molar-refractivity contribution >= 4 is 29.9 Å². The van der Waals surface area contributed by atoms with Crippen molar-refractivity contribution in [3.8, 4) is 5.69 Å². The molecule has 0 bridgehead atoms. The number of alkyl halides is 3. The predicted octanol–water partition coefficient (Wildman–Crippen LogP) is 3.88. The Bertz CT molecular complexity index is 860. The topological polar surface area (TPSA) is 48.7 Å². The molecule has 32 heavy (non-hydrogen) atoms. The highest BCUT2D eigenvalue weighted by atomic mass is 127. The maximum Gasteiger partial charge on any atom is 0.403 e. The molecule has 1 N–H and O–H groups in total. The quantitative estimate of drug-likeness (QED) is 0.251. The molecule has 0 spiro atoms. The maximum absolute atomic E-state index is 12.9. The minimum absolute atomic E-state index is 0. The summed E-state index contributed by atoms with van der Waals surface area (Å²) in [5.41, 5.74) is 3.26. The van der Waals surface area contributed by atoms with E-state index in [0.29, 0.717) is 26.2 Å². The molecule has 1 atom stereocenters. The first-order valence-electron chi connectivity index (χ1n) is 10.7. The monoisotopic (exact) mass is 564 g/mol. The fraction of sp³-hybridized carbons (Fsp3) is 0.545. The molecule has 1 unspecified atom stereocenters. The highest BCUT2D eigenvalue weighted by Crippen LogP contribution is 2.25. The number of nitrogens with one attached hydrogen (secondary N) is 1. The van der Waals surface area contributed by atoms with Crippen molar-refractivity contribution in [2.24, 2.45) is 4.99 Å². The fourth-order valence-electron chi connectivity index (χ4n) is 3.79. The van der Waals surface area contributed by atoms with Crippen molar-refractivity contribution in [1.82, 2.24) is 24.9 Å². The molecule has 1 aromatic carbocycles. The molecule has 0 saturated carbocycles. The van der Waals surface area contributed by atoms with Gasteiger partial charge in [-0.2, -0.15) is 18.3 Å². The van der Waals surface area contributed by atoms with Crippen LogP contribution in [0, 0.1) is 6.92 Å². The van der Waals surface area contributed by atoms with E-state index in [4.69, 9.17) is 0 Å². The van der Waals surface area contributed by atoms with Crippen LogP contribution in [0.2, 0.25) is 0 Å². The molecule has 0 aliphatic carbocycles. The summed E-state index contributed by atoms with van der Waals surface area (Å²) < 4.78 is 40.7. The molecule has 10 heteroatoms. The number of hydrogen-bond donors (Lipinski definition) is 1. The van der Waals surface area contributed by atoms with Crippen molar-refractivity contribution in [2.75, 3.05) is 39.8 Å². The Morgan fingerprint density at radius 1 is 1.16 bits per heavy atom. The Labute approximate surface area is 204 Å². The maximum atomic E-state index is 12.9. The van der Waals surface area contributed by atoms with Gasteiger partial charge >= 0.3 is 6.18 Å². The molecule has 1 aromatic heterocycles. The summed E-state index contributed by atoms with van der Waals surface area (Å²) in [4.78, 5) is 7.82. The van der Waals surface area contributed by atoms with Crippen LogP contribution in [0.1, 0.15) is 24.6 Å². The summed E-state index contributed by atoms with van der Waals surface area (Å²) in [6.45, 7) is 5.79. The van der Waals surface area contributed by atoms with E-state index >= 15 is 0 Å². The smallest absolute Gasteiger partial charge is 0.356 e. The fourth-order valence-corrected chi connectivity index (χ4v) is 3.79. The highest BCUT2D eigenvalue weighted by Gasteiger charge is 2.41. The zero-order chi connectivity index (χ0) is 22.4. The molecule has 6 nitrogen and oxygen atoms in total. The van der Waals surface area contributed by atoms with Gasteiger partial charge in [-0.3, -0.25) is 9.89 Å². The SMILES string of the molecule is CN=C(NCCCc1cn(-c2ccccc2)nc1C)N1CCN(C(C)C(F)(F)F)CC1.I. The lowest BCUT2D eigenvalue weighted by molar-refractivity contribution is -0.181. The van der Waals surface area contributed by atoms with Crippen molar-refractivity contribution in [2.45, 2.75) is 38.9 Å². The minimum atomic E-state index is -4.19. The molecule has 1 fully saturated rings. The van der Waals surface area contributed by atoms with Crippen molar-refractivity contribution in [1.29, 1.82) is 0 Å². The third-order valence-electron chi connectivity index (χ3n) is 5.77. The number of para-hydroxylation sites is 1. The van der Waals surface area contributed by atoms with E-state index in [1.807, 2.05) is 46.8 Å². The molecular formula is C22H32F3IN6. The van der Waals surface area contributed by atoms with E-state index in [9.17, 15) is 13.2 Å². The number of hydrogen-bond acceptors (Lipinski definition) is 3. The van der Waals surface area contributed by atoms with Gasteiger partial charge in [-0.1, -0.05) is 18.2 Å². The second kappa shape index (κ2) is 11.9. The Morgan fingerprint density at radius 3 is 2.41 bits per heavy atom. The van der Waals surface area contributed by atoms with E-state index in [-0.39, 0.29) is 24.0 Å². The summed E-state index contributed by atoms with van der Waals surface area (Å²) in [6, 6.07) is 8.60. The van der Waals surface area contributed by atoms with Gasteiger partial charge in [0.15, 0.2) is 5.96 Å². The first-order valence-corrected chi connectivity index (χ1v) is 10.7. The molecular weight excluding hydrogens is 532 g/mol. The van der Waals surface area contributed by atoms with Gasteiger partial charge in [-0.25, -0.2) is 4.68 Å². The third-order valence-corrected chi connectivity index (χ3v) is 5.77. The number of rotatable bonds is 6. The Hall–Kier alpha value is -1.82. The lowest BCUT2D eigenvalue weighted by Crippen LogP contribution is -2.56. The summed E-state index contributed by atoms with van der Waals surface area (Å²) in [7, 11) is 1.71. The first kappa shape index (κ1) is 26.4. The summed E-state index contributed by atoms with van der Waals surface area (Å²) in [5.74, 6) is 0.746. The lowest BCUT2D eigenvalue weighted by atomic mass is 10.1. The molecule has 2 heterocycles. The number of aryl methyl sites for hydroxylation is 2. The van der Waals surface area contributed by atoms with Gasteiger partial charge in [0.25, 0.3) is 0 Å². The van der Waals surface area contributed by atoms with Crippen molar-refractivity contribution in [3.05, 3.63) is 47.8 Å². The second-order valence-electron chi connectivity index (χ2n) is 7.84. The number of halogens is 4. The van der Waals surface area contributed by atoms with Crippen LogP contribution in [0.25, 0.3) is 5.69 Å². The van der Waals surface area contributed by atoms with E-state index in [1.54, 1.807) is 7.05 Å². The molecule has 0 amide bonds. The zero-order valence-electron chi connectivity index (χ0n) is 18.8. The van der Waals surface area contributed by atoms with Crippen molar-refractivity contribution in [3.63, 3.8) is 0 Å². The standard InChI is InChI=1S/C22H31F3N6.HI/c1-17-19(16-31(28-17)20-9-5-4-6-10-20)8-7-11-27-21(26-3)30-14-12-29(13-15-30)18(2)22(23,24)25;/h4-6,9-10,16,18H,7-8,11-15H2,1-3H3,(H,26,27);1H. The summed E-state index contributed by atoms with van der Waals surface area (Å²) in [5, 5.41) is 7.95. The average Bonchev–Trinajstić information content (AvgIpc) is 3.14. The summed E-state index contributed by atoms with van der Waals surface area (Å²) in [6.07, 6.45) is -0.319. The van der Waals surface area contributed by atoms with Crippen LogP contribution in [0.5, 0.6) is 0 Å². The van der Waals surface area contributed by atoms with Gasteiger partial charge in [-0.05, 0) is 44.4 Å². The van der Waals surface area contributed by atoms with E-state index in [2.05, 4.69) is 21.6 Å². The van der Waals surface area contributed by atoms with Crippen LogP contribution in [0.3, 0.4) is 0 Å². The zero-order valence-corrected chi connectivity index (χ0v) is 21.1. The number of aromatic nitrogens is 2. The number of piperazine rings is 1. The number of aliphatic imine (C=N–C) groups is 1. The first-order chi connectivity index (χ1) is 14.8. The van der Waals surface area contributed by atoms with Crippen LogP contribution in [0.15, 0.2) is 41.5 Å². The Balaban J connectivity index is 0.00000363. The van der Waals surface area contributed by atoms with Crippen LogP contribution in [0.4, 0.5) is 13.2 Å². The molecule has 0 radical (unpaired) electrons. The molecule has 2 aromatic rings. The van der Waals surface area contributed by atoms with Crippen LogP contribution in [-0.2, 0) is 6.42 Å². The third kappa shape index (κ3) is 6.84.